The van der Waals surface area contributed by atoms with Gasteiger partial charge in [-0.15, -0.1) is 0 Å². The van der Waals surface area contributed by atoms with Crippen LogP contribution in [0.25, 0.3) is 0 Å². The molecule has 0 spiro atoms. The van der Waals surface area contributed by atoms with Crippen LogP contribution in [0.15, 0.2) is 61.4 Å². The predicted octanol–water partition coefficient (Wildman–Crippen LogP) is 4.01. The van der Waals surface area contributed by atoms with Gasteiger partial charge in [-0.2, -0.15) is 0 Å². The van der Waals surface area contributed by atoms with Crippen LogP contribution in [0.2, 0.25) is 0 Å². The standard InChI is InChI=1S/C15H14O3/c1-3-17-13-9-10-14(16-2)15(11-13)18-12-7-5-4-6-8-12/h3-11H,1H2,2H3. The van der Waals surface area contributed by atoms with Crippen molar-refractivity contribution in [2.45, 2.75) is 0 Å². The van der Waals surface area contributed by atoms with Crippen LogP contribution in [0.4, 0.5) is 0 Å². The summed E-state index contributed by atoms with van der Waals surface area (Å²) in [6, 6.07) is 14.8. The van der Waals surface area contributed by atoms with E-state index in [1.807, 2.05) is 30.3 Å². The van der Waals surface area contributed by atoms with E-state index in [1.165, 1.54) is 6.26 Å². The molecule has 0 aliphatic carbocycles. The highest BCUT2D eigenvalue weighted by Crippen LogP contribution is 2.34. The minimum Gasteiger partial charge on any atom is -0.493 e. The van der Waals surface area contributed by atoms with Crippen molar-refractivity contribution in [3.63, 3.8) is 0 Å². The Morgan fingerprint density at radius 2 is 1.72 bits per heavy atom. The zero-order chi connectivity index (χ0) is 12.8. The van der Waals surface area contributed by atoms with Crippen molar-refractivity contribution in [2.75, 3.05) is 7.11 Å². The molecule has 2 aromatic carbocycles. The van der Waals surface area contributed by atoms with Crippen LogP contribution in [0, 0.1) is 0 Å². The van der Waals surface area contributed by atoms with E-state index in [0.29, 0.717) is 17.2 Å². The molecule has 0 unspecified atom stereocenters. The van der Waals surface area contributed by atoms with E-state index < -0.39 is 0 Å². The summed E-state index contributed by atoms with van der Waals surface area (Å²) in [4.78, 5) is 0. The molecule has 0 saturated carbocycles. The lowest BCUT2D eigenvalue weighted by molar-refractivity contribution is 0.375. The zero-order valence-electron chi connectivity index (χ0n) is 10.1. The fourth-order valence-electron chi connectivity index (χ4n) is 1.52. The van der Waals surface area contributed by atoms with Gasteiger partial charge in [-0.25, -0.2) is 0 Å². The lowest BCUT2D eigenvalue weighted by atomic mass is 10.3. The predicted molar refractivity (Wildman–Crippen MR) is 70.3 cm³/mol. The van der Waals surface area contributed by atoms with E-state index in [9.17, 15) is 0 Å². The SMILES string of the molecule is C=COc1ccc(OC)c(Oc2ccccc2)c1. The minimum absolute atomic E-state index is 0.600. The maximum Gasteiger partial charge on any atom is 0.172 e. The van der Waals surface area contributed by atoms with Gasteiger partial charge >= 0.3 is 0 Å². The topological polar surface area (TPSA) is 27.7 Å². The smallest absolute Gasteiger partial charge is 0.172 e. The molecule has 0 atom stereocenters. The first kappa shape index (κ1) is 12.0. The average molecular weight is 242 g/mol. The summed E-state index contributed by atoms with van der Waals surface area (Å²) >= 11 is 0. The molecule has 92 valence electrons. The highest BCUT2D eigenvalue weighted by molar-refractivity contribution is 5.47. The van der Waals surface area contributed by atoms with E-state index in [2.05, 4.69) is 6.58 Å². The van der Waals surface area contributed by atoms with Crippen molar-refractivity contribution < 1.29 is 14.2 Å². The van der Waals surface area contributed by atoms with Gasteiger partial charge in [-0.05, 0) is 24.3 Å². The molecule has 0 heterocycles. The largest absolute Gasteiger partial charge is 0.493 e. The van der Waals surface area contributed by atoms with Crippen LogP contribution in [-0.4, -0.2) is 7.11 Å². The van der Waals surface area contributed by atoms with Gasteiger partial charge in [0, 0.05) is 6.07 Å². The normalized spacial score (nSPS) is 9.61. The number of rotatable bonds is 5. The van der Waals surface area contributed by atoms with Gasteiger partial charge in [0.05, 0.1) is 13.4 Å². The lowest BCUT2D eigenvalue weighted by Crippen LogP contribution is -1.91. The van der Waals surface area contributed by atoms with Crippen molar-refractivity contribution >= 4 is 0 Å². The highest BCUT2D eigenvalue weighted by atomic mass is 16.5. The monoisotopic (exact) mass is 242 g/mol. The minimum atomic E-state index is 0.600. The zero-order valence-corrected chi connectivity index (χ0v) is 10.1. The van der Waals surface area contributed by atoms with Gasteiger partial charge in [0.25, 0.3) is 0 Å². The van der Waals surface area contributed by atoms with Crippen molar-refractivity contribution in [1.29, 1.82) is 0 Å². The molecule has 0 radical (unpaired) electrons. The van der Waals surface area contributed by atoms with E-state index in [-0.39, 0.29) is 0 Å². The molecule has 0 aromatic heterocycles. The summed E-state index contributed by atoms with van der Waals surface area (Å²) in [7, 11) is 1.60. The fraction of sp³-hybridized carbons (Fsp3) is 0.0667. The first-order valence-electron chi connectivity index (χ1n) is 5.52. The van der Waals surface area contributed by atoms with Crippen molar-refractivity contribution in [1.82, 2.24) is 0 Å². The number of hydrogen-bond acceptors (Lipinski definition) is 3. The summed E-state index contributed by atoms with van der Waals surface area (Å²) in [5, 5.41) is 0. The first-order valence-corrected chi connectivity index (χ1v) is 5.52. The van der Waals surface area contributed by atoms with Gasteiger partial charge in [0.2, 0.25) is 0 Å². The second kappa shape index (κ2) is 5.77. The Bertz CT molecular complexity index is 521. The van der Waals surface area contributed by atoms with Crippen LogP contribution in [0.5, 0.6) is 23.0 Å². The number of para-hydroxylation sites is 1. The molecular formula is C15H14O3. The number of methoxy groups -OCH3 is 1. The molecule has 0 aliphatic heterocycles. The maximum atomic E-state index is 5.75. The Balaban J connectivity index is 2.29. The van der Waals surface area contributed by atoms with Crippen molar-refractivity contribution in [2.24, 2.45) is 0 Å². The van der Waals surface area contributed by atoms with Gasteiger partial charge < -0.3 is 14.2 Å². The van der Waals surface area contributed by atoms with Crippen LogP contribution in [0.3, 0.4) is 0 Å². The second-order valence-corrected chi connectivity index (χ2v) is 3.51. The molecule has 0 N–H and O–H groups in total. The third-order valence-corrected chi connectivity index (χ3v) is 2.33. The summed E-state index contributed by atoms with van der Waals surface area (Å²) in [5.41, 5.74) is 0. The molecular weight excluding hydrogens is 228 g/mol. The summed E-state index contributed by atoms with van der Waals surface area (Å²) in [6.07, 6.45) is 1.37. The molecule has 18 heavy (non-hydrogen) atoms. The van der Waals surface area contributed by atoms with Crippen LogP contribution in [-0.2, 0) is 0 Å². The van der Waals surface area contributed by atoms with E-state index in [0.717, 1.165) is 5.75 Å². The molecule has 2 aromatic rings. The van der Waals surface area contributed by atoms with Crippen molar-refractivity contribution in [3.05, 3.63) is 61.4 Å². The third kappa shape index (κ3) is 2.83. The fourth-order valence-corrected chi connectivity index (χ4v) is 1.52. The first-order chi connectivity index (χ1) is 8.83. The van der Waals surface area contributed by atoms with E-state index in [1.54, 1.807) is 25.3 Å². The Labute approximate surface area is 106 Å². The molecule has 3 nitrogen and oxygen atoms in total. The van der Waals surface area contributed by atoms with Crippen LogP contribution in [0.1, 0.15) is 0 Å². The van der Waals surface area contributed by atoms with Gasteiger partial charge in [-0.3, -0.25) is 0 Å². The molecule has 2 rings (SSSR count). The Kier molecular flexibility index (Phi) is 3.86. The van der Waals surface area contributed by atoms with Gasteiger partial charge in [-0.1, -0.05) is 24.8 Å². The van der Waals surface area contributed by atoms with E-state index >= 15 is 0 Å². The average Bonchev–Trinajstić information content (AvgIpc) is 2.41. The Hall–Kier alpha value is -2.42. The third-order valence-electron chi connectivity index (χ3n) is 2.33. The highest BCUT2D eigenvalue weighted by Gasteiger charge is 2.07. The maximum absolute atomic E-state index is 5.75. The number of ether oxygens (including phenoxy) is 3. The second-order valence-electron chi connectivity index (χ2n) is 3.51. The van der Waals surface area contributed by atoms with Crippen LogP contribution < -0.4 is 14.2 Å². The number of hydrogen-bond donors (Lipinski definition) is 0. The van der Waals surface area contributed by atoms with Gasteiger partial charge in [0.15, 0.2) is 11.5 Å². The summed E-state index contributed by atoms with van der Waals surface area (Å²) in [6.45, 7) is 3.52. The summed E-state index contributed by atoms with van der Waals surface area (Å²) < 4.78 is 16.2. The molecule has 0 fully saturated rings. The molecule has 0 amide bonds. The molecule has 0 bridgehead atoms. The lowest BCUT2D eigenvalue weighted by Gasteiger charge is -2.11. The number of benzene rings is 2. The van der Waals surface area contributed by atoms with Gasteiger partial charge in [0.1, 0.15) is 11.5 Å². The van der Waals surface area contributed by atoms with E-state index in [4.69, 9.17) is 14.2 Å². The van der Waals surface area contributed by atoms with Crippen LogP contribution >= 0.6 is 0 Å². The summed E-state index contributed by atoms with van der Waals surface area (Å²) in [5.74, 6) is 2.64. The van der Waals surface area contributed by atoms with Crippen molar-refractivity contribution in [3.8, 4) is 23.0 Å². The Morgan fingerprint density at radius 3 is 2.39 bits per heavy atom. The Morgan fingerprint density at radius 1 is 0.944 bits per heavy atom. The molecule has 0 aliphatic rings. The molecule has 0 saturated heterocycles. The molecule has 3 heteroatoms. The quantitative estimate of drug-likeness (QED) is 0.741.